The van der Waals surface area contributed by atoms with Gasteiger partial charge in [0.1, 0.15) is 0 Å². The van der Waals surface area contributed by atoms with Gasteiger partial charge in [-0.15, -0.1) is 0 Å². The number of hydrogen-bond donors (Lipinski definition) is 1. The van der Waals surface area contributed by atoms with Crippen LogP contribution in [0.25, 0.3) is 0 Å². The third-order valence-corrected chi connectivity index (χ3v) is 2.89. The smallest absolute Gasteiger partial charge is 0.0462 e. The molecule has 1 rings (SSSR count). The summed E-state index contributed by atoms with van der Waals surface area (Å²) in [7, 11) is 1.77. The second kappa shape index (κ2) is 5.55. The average Bonchev–Trinajstić information content (AvgIpc) is 2.46. The average molecular weight is 171 g/mol. The van der Waals surface area contributed by atoms with Crippen molar-refractivity contribution in [1.82, 2.24) is 0 Å². The highest BCUT2D eigenvalue weighted by Crippen LogP contribution is 2.28. The molecule has 1 fully saturated rings. The van der Waals surface area contributed by atoms with Crippen molar-refractivity contribution < 1.29 is 4.74 Å². The normalized spacial score (nSPS) is 29.5. The lowest BCUT2D eigenvalue weighted by Crippen LogP contribution is -2.24. The quantitative estimate of drug-likeness (QED) is 0.641. The molecule has 0 radical (unpaired) electrons. The molecule has 0 amide bonds. The van der Waals surface area contributed by atoms with E-state index in [1.54, 1.807) is 7.11 Å². The van der Waals surface area contributed by atoms with Gasteiger partial charge < -0.3 is 10.5 Å². The zero-order chi connectivity index (χ0) is 8.81. The topological polar surface area (TPSA) is 35.2 Å². The maximum atomic E-state index is 5.96. The van der Waals surface area contributed by atoms with Crippen molar-refractivity contribution in [3.05, 3.63) is 0 Å². The summed E-state index contributed by atoms with van der Waals surface area (Å²) in [6.45, 7) is 0.905. The fourth-order valence-corrected chi connectivity index (χ4v) is 2.08. The van der Waals surface area contributed by atoms with Gasteiger partial charge >= 0.3 is 0 Å². The first-order valence-electron chi connectivity index (χ1n) is 5.09. The molecular weight excluding hydrogens is 150 g/mol. The summed E-state index contributed by atoms with van der Waals surface area (Å²) >= 11 is 0. The van der Waals surface area contributed by atoms with E-state index in [9.17, 15) is 0 Å². The van der Waals surface area contributed by atoms with Gasteiger partial charge in [-0.25, -0.2) is 0 Å². The van der Waals surface area contributed by atoms with Crippen molar-refractivity contribution in [3.63, 3.8) is 0 Å². The lowest BCUT2D eigenvalue weighted by atomic mass is 9.97. The highest BCUT2D eigenvalue weighted by atomic mass is 16.5. The van der Waals surface area contributed by atoms with Gasteiger partial charge in [0.15, 0.2) is 0 Å². The van der Waals surface area contributed by atoms with Crippen LogP contribution in [0.1, 0.15) is 38.5 Å². The second-order valence-electron chi connectivity index (χ2n) is 3.84. The van der Waals surface area contributed by atoms with E-state index in [0.717, 1.165) is 12.5 Å². The van der Waals surface area contributed by atoms with E-state index < -0.39 is 0 Å². The number of methoxy groups -OCH3 is 1. The first kappa shape index (κ1) is 10.0. The van der Waals surface area contributed by atoms with Crippen LogP contribution in [0, 0.1) is 5.92 Å². The Morgan fingerprint density at radius 2 is 2.17 bits per heavy atom. The SMILES string of the molecule is COCCCCC1CCCC1N. The summed E-state index contributed by atoms with van der Waals surface area (Å²) in [4.78, 5) is 0. The Kier molecular flexibility index (Phi) is 4.62. The molecule has 0 aromatic heterocycles. The number of rotatable bonds is 5. The molecule has 0 aromatic rings. The molecule has 1 saturated carbocycles. The molecular formula is C10H21NO. The van der Waals surface area contributed by atoms with Crippen molar-refractivity contribution >= 4 is 0 Å². The zero-order valence-electron chi connectivity index (χ0n) is 8.09. The second-order valence-corrected chi connectivity index (χ2v) is 3.84. The van der Waals surface area contributed by atoms with E-state index in [1.807, 2.05) is 0 Å². The van der Waals surface area contributed by atoms with Crippen molar-refractivity contribution in [2.75, 3.05) is 13.7 Å². The highest BCUT2D eigenvalue weighted by molar-refractivity contribution is 4.79. The molecule has 2 nitrogen and oxygen atoms in total. The lowest BCUT2D eigenvalue weighted by Gasteiger charge is -2.14. The minimum atomic E-state index is 0.493. The van der Waals surface area contributed by atoms with Crippen LogP contribution in [0.5, 0.6) is 0 Å². The van der Waals surface area contributed by atoms with E-state index in [-0.39, 0.29) is 0 Å². The van der Waals surface area contributed by atoms with Crippen LogP contribution in [0.2, 0.25) is 0 Å². The van der Waals surface area contributed by atoms with Crippen LogP contribution in [0.4, 0.5) is 0 Å². The summed E-state index contributed by atoms with van der Waals surface area (Å²) in [5.41, 5.74) is 5.96. The molecule has 2 N–H and O–H groups in total. The monoisotopic (exact) mass is 171 g/mol. The van der Waals surface area contributed by atoms with Gasteiger partial charge in [0, 0.05) is 19.8 Å². The van der Waals surface area contributed by atoms with Crippen molar-refractivity contribution in [2.45, 2.75) is 44.6 Å². The maximum Gasteiger partial charge on any atom is 0.0462 e. The van der Waals surface area contributed by atoms with Crippen LogP contribution < -0.4 is 5.73 Å². The zero-order valence-corrected chi connectivity index (χ0v) is 8.09. The predicted octanol–water partition coefficient (Wildman–Crippen LogP) is 1.93. The van der Waals surface area contributed by atoms with E-state index in [0.29, 0.717) is 6.04 Å². The third-order valence-electron chi connectivity index (χ3n) is 2.89. The van der Waals surface area contributed by atoms with Gasteiger partial charge in [0.2, 0.25) is 0 Å². The summed E-state index contributed by atoms with van der Waals surface area (Å²) in [6.07, 6.45) is 7.73. The Morgan fingerprint density at radius 1 is 1.33 bits per heavy atom. The molecule has 0 saturated heterocycles. The van der Waals surface area contributed by atoms with Crippen LogP contribution in [-0.4, -0.2) is 19.8 Å². The molecule has 72 valence electrons. The minimum Gasteiger partial charge on any atom is -0.385 e. The number of hydrogen-bond acceptors (Lipinski definition) is 2. The maximum absolute atomic E-state index is 5.96. The molecule has 0 aromatic carbocycles. The molecule has 0 spiro atoms. The molecule has 2 unspecified atom stereocenters. The fraction of sp³-hybridized carbons (Fsp3) is 1.00. The molecule has 1 aliphatic carbocycles. The predicted molar refractivity (Wildman–Crippen MR) is 51.0 cm³/mol. The Balaban J connectivity index is 1.98. The van der Waals surface area contributed by atoms with Gasteiger partial charge in [0.25, 0.3) is 0 Å². The number of unbranched alkanes of at least 4 members (excludes halogenated alkanes) is 1. The largest absolute Gasteiger partial charge is 0.385 e. The Morgan fingerprint density at radius 3 is 2.75 bits per heavy atom. The minimum absolute atomic E-state index is 0.493. The van der Waals surface area contributed by atoms with Crippen molar-refractivity contribution in [2.24, 2.45) is 11.7 Å². The molecule has 0 aliphatic heterocycles. The molecule has 0 heterocycles. The highest BCUT2D eigenvalue weighted by Gasteiger charge is 2.22. The van der Waals surface area contributed by atoms with E-state index in [1.165, 1.54) is 38.5 Å². The lowest BCUT2D eigenvalue weighted by molar-refractivity contribution is 0.189. The first-order valence-corrected chi connectivity index (χ1v) is 5.09. The van der Waals surface area contributed by atoms with Crippen molar-refractivity contribution in [3.8, 4) is 0 Å². The van der Waals surface area contributed by atoms with Gasteiger partial charge in [-0.2, -0.15) is 0 Å². The first-order chi connectivity index (χ1) is 5.84. The Labute approximate surface area is 75.5 Å². The number of nitrogens with two attached hydrogens (primary N) is 1. The third kappa shape index (κ3) is 3.11. The van der Waals surface area contributed by atoms with Crippen LogP contribution in [0.15, 0.2) is 0 Å². The standard InChI is InChI=1S/C10H21NO/c1-12-8-3-2-5-9-6-4-7-10(9)11/h9-10H,2-8,11H2,1H3. The molecule has 0 bridgehead atoms. The van der Waals surface area contributed by atoms with E-state index >= 15 is 0 Å². The van der Waals surface area contributed by atoms with Crippen LogP contribution in [-0.2, 0) is 4.74 Å². The molecule has 2 atom stereocenters. The summed E-state index contributed by atoms with van der Waals surface area (Å²) in [5, 5.41) is 0. The summed E-state index contributed by atoms with van der Waals surface area (Å²) < 4.78 is 5.00. The molecule has 2 heteroatoms. The van der Waals surface area contributed by atoms with Gasteiger partial charge in [-0.1, -0.05) is 12.8 Å². The molecule has 12 heavy (non-hydrogen) atoms. The van der Waals surface area contributed by atoms with E-state index in [4.69, 9.17) is 10.5 Å². The molecule has 1 aliphatic rings. The summed E-state index contributed by atoms with van der Waals surface area (Å²) in [5.74, 6) is 0.807. The van der Waals surface area contributed by atoms with Gasteiger partial charge in [-0.3, -0.25) is 0 Å². The van der Waals surface area contributed by atoms with Crippen LogP contribution >= 0.6 is 0 Å². The Hall–Kier alpha value is -0.0800. The van der Waals surface area contributed by atoms with E-state index in [2.05, 4.69) is 0 Å². The van der Waals surface area contributed by atoms with Crippen molar-refractivity contribution in [1.29, 1.82) is 0 Å². The Bertz CT molecular complexity index is 116. The van der Waals surface area contributed by atoms with Gasteiger partial charge in [0.05, 0.1) is 0 Å². The summed E-state index contributed by atoms with van der Waals surface area (Å²) in [6, 6.07) is 0.493. The number of ether oxygens (including phenoxy) is 1. The fourth-order valence-electron chi connectivity index (χ4n) is 2.08. The van der Waals surface area contributed by atoms with Gasteiger partial charge in [-0.05, 0) is 31.6 Å². The van der Waals surface area contributed by atoms with Crippen LogP contribution in [0.3, 0.4) is 0 Å².